The Morgan fingerprint density at radius 3 is 2.31 bits per heavy atom. The summed E-state index contributed by atoms with van der Waals surface area (Å²) in [4.78, 5) is 0. The van der Waals surface area contributed by atoms with Crippen LogP contribution in [-0.2, 0) is 0 Å². The van der Waals surface area contributed by atoms with Crippen LogP contribution in [0, 0.1) is 0 Å². The Kier molecular flexibility index (Phi) is 6.91. The van der Waals surface area contributed by atoms with Gasteiger partial charge < -0.3 is 9.47 Å². The van der Waals surface area contributed by atoms with E-state index in [1.807, 2.05) is 0 Å². The minimum atomic E-state index is -6.46. The van der Waals surface area contributed by atoms with Crippen LogP contribution < -0.4 is 14.9 Å². The molecule has 1 aromatic rings. The molecule has 0 heterocycles. The maximum atomic E-state index is 13.2. The van der Waals surface area contributed by atoms with E-state index in [1.165, 1.54) is 25.3 Å². The molecule has 146 valence electrons. The summed E-state index contributed by atoms with van der Waals surface area (Å²) in [6.07, 6.45) is -4.51. The second kappa shape index (κ2) is 8.14. The number of alkyl halides is 7. The molecule has 0 fully saturated rings. The smallest absolute Gasteiger partial charge is 0.462 e. The predicted octanol–water partition coefficient (Wildman–Crippen LogP) is 4.74. The van der Waals surface area contributed by atoms with Crippen LogP contribution >= 0.6 is 15.9 Å². The summed E-state index contributed by atoms with van der Waals surface area (Å²) in [5, 5.41) is 2.79. The first kappa shape index (κ1) is 22.1. The summed E-state index contributed by atoms with van der Waals surface area (Å²) < 4.78 is 98.7. The predicted molar refractivity (Wildman–Crippen MR) is 83.1 cm³/mol. The van der Waals surface area contributed by atoms with Gasteiger partial charge in [-0.05, 0) is 12.1 Å². The van der Waals surface area contributed by atoms with E-state index in [9.17, 15) is 30.7 Å². The maximum absolute atomic E-state index is 13.2. The van der Waals surface area contributed by atoms with Crippen molar-refractivity contribution in [1.29, 1.82) is 0 Å². The van der Waals surface area contributed by atoms with Crippen LogP contribution in [0.5, 0.6) is 11.5 Å². The zero-order valence-corrected chi connectivity index (χ0v) is 14.6. The average molecular weight is 453 g/mol. The number of rotatable bonds is 8. The van der Waals surface area contributed by atoms with Gasteiger partial charge in [0.15, 0.2) is 11.5 Å². The monoisotopic (exact) mass is 452 g/mol. The Balaban J connectivity index is 3.14. The van der Waals surface area contributed by atoms with Crippen molar-refractivity contribution in [2.75, 3.05) is 13.7 Å². The first-order valence-electron chi connectivity index (χ1n) is 6.61. The summed E-state index contributed by atoms with van der Waals surface area (Å²) in [6.45, 7) is 3.39. The Morgan fingerprint density at radius 1 is 1.19 bits per heavy atom. The molecule has 0 unspecified atom stereocenters. The second-order valence-electron chi connectivity index (χ2n) is 4.64. The normalized spacial score (nSPS) is 13.0. The molecule has 0 aliphatic heterocycles. The molecule has 1 N–H and O–H groups in total. The van der Waals surface area contributed by atoms with Gasteiger partial charge in [-0.1, -0.05) is 28.6 Å². The number of ether oxygens (including phenoxy) is 2. The van der Waals surface area contributed by atoms with Gasteiger partial charge in [-0.15, -0.1) is 0 Å². The molecule has 26 heavy (non-hydrogen) atoms. The summed E-state index contributed by atoms with van der Waals surface area (Å²) in [5.74, 6) is -6.20. The van der Waals surface area contributed by atoms with Crippen molar-refractivity contribution < 1.29 is 40.2 Å². The lowest BCUT2D eigenvalue weighted by Crippen LogP contribution is -2.58. The Bertz CT molecular complexity index is 678. The molecule has 0 bridgehead atoms. The van der Waals surface area contributed by atoms with E-state index in [0.717, 1.165) is 0 Å². The molecule has 0 aliphatic rings. The van der Waals surface area contributed by atoms with Gasteiger partial charge in [0, 0.05) is 10.0 Å². The van der Waals surface area contributed by atoms with Crippen molar-refractivity contribution in [3.63, 3.8) is 0 Å². The third-order valence-electron chi connectivity index (χ3n) is 2.77. The SMILES string of the molecule is C=CCOc1c(/C=N\NC(F)(F)C(F)(F)C(F)(F)F)cc(Br)cc1OC. The fourth-order valence-corrected chi connectivity index (χ4v) is 2.02. The lowest BCUT2D eigenvalue weighted by molar-refractivity contribution is -0.361. The maximum Gasteiger partial charge on any atom is 0.462 e. The van der Waals surface area contributed by atoms with Gasteiger partial charge in [0.1, 0.15) is 6.61 Å². The Morgan fingerprint density at radius 2 is 1.81 bits per heavy atom. The fraction of sp³-hybridized carbons (Fsp3) is 0.357. The van der Waals surface area contributed by atoms with Gasteiger partial charge in [0.2, 0.25) is 0 Å². The van der Waals surface area contributed by atoms with Crippen LogP contribution in [-0.4, -0.2) is 38.1 Å². The quantitative estimate of drug-likeness (QED) is 0.204. The van der Waals surface area contributed by atoms with E-state index in [4.69, 9.17) is 9.47 Å². The Labute approximate surface area is 151 Å². The molecule has 0 radical (unpaired) electrons. The number of benzene rings is 1. The van der Waals surface area contributed by atoms with Crippen LogP contribution in [0.25, 0.3) is 0 Å². The van der Waals surface area contributed by atoms with Crippen LogP contribution in [0.2, 0.25) is 0 Å². The molecule has 12 heteroatoms. The summed E-state index contributed by atoms with van der Waals surface area (Å²) in [7, 11) is 1.28. The summed E-state index contributed by atoms with van der Waals surface area (Å²) in [5.41, 5.74) is 0.498. The molecule has 0 spiro atoms. The third-order valence-corrected chi connectivity index (χ3v) is 3.23. The van der Waals surface area contributed by atoms with E-state index < -0.39 is 18.1 Å². The van der Waals surface area contributed by atoms with Gasteiger partial charge in [-0.2, -0.15) is 35.8 Å². The lowest BCUT2D eigenvalue weighted by atomic mass is 10.2. The van der Waals surface area contributed by atoms with Crippen molar-refractivity contribution in [1.82, 2.24) is 5.43 Å². The van der Waals surface area contributed by atoms with E-state index in [0.29, 0.717) is 16.1 Å². The number of nitrogens with zero attached hydrogens (tertiary/aromatic N) is 1. The highest BCUT2D eigenvalue weighted by Crippen LogP contribution is 2.45. The minimum absolute atomic E-state index is 0.00736. The number of hydrogen-bond donors (Lipinski definition) is 1. The topological polar surface area (TPSA) is 42.8 Å². The first-order chi connectivity index (χ1) is 11.9. The van der Waals surface area contributed by atoms with E-state index in [-0.39, 0.29) is 23.7 Å². The molecule has 0 atom stereocenters. The van der Waals surface area contributed by atoms with Crippen molar-refractivity contribution in [3.05, 3.63) is 34.8 Å². The standard InChI is InChI=1S/C14H12BrF7N2O2/c1-3-4-26-11-8(5-9(15)6-10(11)25-2)7-23-24-14(21,22)12(16,17)13(18,19)20/h3,5-7,24H,1,4H2,2H3/b23-7-. The zero-order chi connectivity index (χ0) is 20.2. The fourth-order valence-electron chi connectivity index (χ4n) is 1.56. The molecule has 4 nitrogen and oxygen atoms in total. The van der Waals surface area contributed by atoms with Crippen molar-refractivity contribution in [2.45, 2.75) is 18.1 Å². The highest BCUT2D eigenvalue weighted by atomic mass is 79.9. The van der Waals surface area contributed by atoms with Crippen LogP contribution in [0.4, 0.5) is 30.7 Å². The minimum Gasteiger partial charge on any atom is -0.493 e. The number of hydrogen-bond acceptors (Lipinski definition) is 4. The molecular weight excluding hydrogens is 441 g/mol. The molecule has 0 saturated carbocycles. The molecule has 1 rings (SSSR count). The second-order valence-corrected chi connectivity index (χ2v) is 5.56. The zero-order valence-electron chi connectivity index (χ0n) is 13.0. The first-order valence-corrected chi connectivity index (χ1v) is 7.40. The van der Waals surface area contributed by atoms with Gasteiger partial charge in [-0.3, -0.25) is 0 Å². The highest BCUT2D eigenvalue weighted by molar-refractivity contribution is 9.10. The van der Waals surface area contributed by atoms with Gasteiger partial charge in [-0.25, -0.2) is 5.43 Å². The van der Waals surface area contributed by atoms with Gasteiger partial charge >= 0.3 is 18.1 Å². The van der Waals surface area contributed by atoms with E-state index in [1.54, 1.807) is 0 Å². The molecule has 1 aromatic carbocycles. The van der Waals surface area contributed by atoms with Crippen LogP contribution in [0.3, 0.4) is 0 Å². The molecular formula is C14H12BrF7N2O2. The van der Waals surface area contributed by atoms with Gasteiger partial charge in [0.05, 0.1) is 13.3 Å². The van der Waals surface area contributed by atoms with E-state index in [2.05, 4.69) is 27.6 Å². The number of nitrogens with one attached hydrogen (secondary N) is 1. The number of hydrazone groups is 1. The summed E-state index contributed by atoms with van der Waals surface area (Å²) >= 11 is 3.09. The lowest BCUT2D eigenvalue weighted by Gasteiger charge is -2.27. The van der Waals surface area contributed by atoms with Gasteiger partial charge in [0.25, 0.3) is 0 Å². The molecule has 0 aliphatic carbocycles. The molecule has 0 aromatic heterocycles. The molecule has 0 amide bonds. The van der Waals surface area contributed by atoms with E-state index >= 15 is 0 Å². The Hall–Kier alpha value is -1.98. The summed E-state index contributed by atoms with van der Waals surface area (Å²) in [6, 6.07) is -2.91. The number of halogens is 8. The van der Waals surface area contributed by atoms with Crippen LogP contribution in [0.1, 0.15) is 5.56 Å². The molecule has 0 saturated heterocycles. The highest BCUT2D eigenvalue weighted by Gasteiger charge is 2.73. The average Bonchev–Trinajstić information content (AvgIpc) is 2.51. The van der Waals surface area contributed by atoms with Crippen molar-refractivity contribution >= 4 is 22.1 Å². The third kappa shape index (κ3) is 4.80. The van der Waals surface area contributed by atoms with Crippen molar-refractivity contribution in [3.8, 4) is 11.5 Å². The number of methoxy groups -OCH3 is 1. The van der Waals surface area contributed by atoms with Crippen molar-refractivity contribution in [2.24, 2.45) is 5.10 Å². The largest absolute Gasteiger partial charge is 0.493 e. The van der Waals surface area contributed by atoms with Crippen LogP contribution in [0.15, 0.2) is 34.4 Å².